The largest absolute Gasteiger partial charge is 0.462 e. The molecule has 0 bridgehead atoms. The van der Waals surface area contributed by atoms with Gasteiger partial charge in [0.25, 0.3) is 10.1 Å². The molecule has 0 aliphatic rings. The smallest absolute Gasteiger partial charge is 0.321 e. The van der Waals surface area contributed by atoms with Gasteiger partial charge >= 0.3 is 5.97 Å². The molecule has 1 atom stereocenters. The van der Waals surface area contributed by atoms with E-state index < -0.39 is 20.0 Å². The zero-order chi connectivity index (χ0) is 11.4. The van der Waals surface area contributed by atoms with Gasteiger partial charge < -0.3 is 4.74 Å². The molecule has 0 saturated carbocycles. The average molecular weight is 336 g/mol. The average Bonchev–Trinajstić information content (AvgIpc) is 1.97. The minimum atomic E-state index is -3.49. The maximum Gasteiger partial charge on any atom is 0.321 e. The minimum Gasteiger partial charge on any atom is -0.462 e. The lowest BCUT2D eigenvalue weighted by Gasteiger charge is -2.11. The van der Waals surface area contributed by atoms with Gasteiger partial charge in [0, 0.05) is 0 Å². The van der Waals surface area contributed by atoms with Gasteiger partial charge in [-0.15, -0.1) is 0 Å². The van der Waals surface area contributed by atoms with Crippen LogP contribution in [0.4, 0.5) is 0 Å². The Morgan fingerprint density at radius 1 is 1.43 bits per heavy atom. The normalized spacial score (nSPS) is 14.1. The summed E-state index contributed by atoms with van der Waals surface area (Å²) in [6, 6.07) is 0. The lowest BCUT2D eigenvalue weighted by atomic mass is 10.4. The number of ether oxygens (including phenoxy) is 1. The summed E-state index contributed by atoms with van der Waals surface area (Å²) < 4.78 is 29.9. The Balaban J connectivity index is 3.97. The van der Waals surface area contributed by atoms with Crippen LogP contribution >= 0.6 is 22.6 Å². The summed E-state index contributed by atoms with van der Waals surface area (Å²) in [5, 5.41) is 0. The molecule has 0 heterocycles. The monoisotopic (exact) mass is 336 g/mol. The first-order valence-electron chi connectivity index (χ1n) is 3.91. The molecule has 0 amide bonds. The summed E-state index contributed by atoms with van der Waals surface area (Å²) in [6.45, 7) is 3.25. The molecule has 14 heavy (non-hydrogen) atoms. The van der Waals surface area contributed by atoms with E-state index in [9.17, 15) is 13.2 Å². The summed E-state index contributed by atoms with van der Waals surface area (Å²) in [5.41, 5.74) is 0. The number of carbonyl (C=O) groups excluding carboxylic acids is 1. The van der Waals surface area contributed by atoms with Crippen LogP contribution in [0.3, 0.4) is 0 Å². The lowest BCUT2D eigenvalue weighted by molar-refractivity contribution is -0.146. The Labute approximate surface area is 97.4 Å². The molecule has 0 aromatic rings. The molecule has 84 valence electrons. The highest BCUT2D eigenvalue weighted by molar-refractivity contribution is 14.1. The van der Waals surface area contributed by atoms with E-state index in [1.54, 1.807) is 36.4 Å². The molecule has 0 aliphatic carbocycles. The molecule has 0 N–H and O–H groups in total. The molecule has 0 aromatic heterocycles. The molecule has 0 saturated heterocycles. The second kappa shape index (κ2) is 5.86. The molecule has 1 unspecified atom stereocenters. The molecular weight excluding hydrogens is 323 g/mol. The minimum absolute atomic E-state index is 0.190. The van der Waals surface area contributed by atoms with Crippen LogP contribution in [0.25, 0.3) is 0 Å². The number of hydrogen-bond acceptors (Lipinski definition) is 5. The van der Waals surface area contributed by atoms with Crippen LogP contribution in [0.15, 0.2) is 0 Å². The fraction of sp³-hybridized carbons (Fsp3) is 0.857. The molecule has 0 rings (SSSR count). The van der Waals surface area contributed by atoms with E-state index in [1.807, 2.05) is 0 Å². The molecule has 0 spiro atoms. The molecule has 7 heteroatoms. The predicted octanol–water partition coefficient (Wildman–Crippen LogP) is 0.718. The van der Waals surface area contributed by atoms with E-state index in [-0.39, 0.29) is 12.7 Å². The zero-order valence-corrected chi connectivity index (χ0v) is 11.2. The third-order valence-corrected chi connectivity index (χ3v) is 2.47. The van der Waals surface area contributed by atoms with Crippen molar-refractivity contribution in [3.63, 3.8) is 0 Å². The summed E-state index contributed by atoms with van der Waals surface area (Å²) >= 11 is 1.78. The van der Waals surface area contributed by atoms with Crippen LogP contribution in [-0.2, 0) is 23.8 Å². The Hall–Kier alpha value is 0.110. The van der Waals surface area contributed by atoms with Gasteiger partial charge in [0.1, 0.15) is 3.92 Å². The van der Waals surface area contributed by atoms with Crippen LogP contribution in [0.5, 0.6) is 0 Å². The van der Waals surface area contributed by atoms with Crippen molar-refractivity contribution in [1.82, 2.24) is 0 Å². The fourth-order valence-electron chi connectivity index (χ4n) is 0.558. The first-order valence-corrected chi connectivity index (χ1v) is 6.97. The van der Waals surface area contributed by atoms with Crippen molar-refractivity contribution in [1.29, 1.82) is 0 Å². The standard InChI is InChI=1S/C7H13IO5S/c1-5(2)13-7(9)6(8)4-12-14(3,10)11/h5-6H,4H2,1-3H3. The maximum atomic E-state index is 11.2. The molecular formula is C7H13IO5S. The maximum absolute atomic E-state index is 11.2. The van der Waals surface area contributed by atoms with Crippen molar-refractivity contribution >= 4 is 38.7 Å². The van der Waals surface area contributed by atoms with E-state index in [1.165, 1.54) is 0 Å². The number of halogens is 1. The van der Waals surface area contributed by atoms with Crippen LogP contribution in [0.1, 0.15) is 13.8 Å². The van der Waals surface area contributed by atoms with Crippen LogP contribution in [0.2, 0.25) is 0 Å². The van der Waals surface area contributed by atoms with Crippen LogP contribution in [-0.4, -0.2) is 37.3 Å². The van der Waals surface area contributed by atoms with Gasteiger partial charge in [-0.25, -0.2) is 0 Å². The second-order valence-corrected chi connectivity index (χ2v) is 6.09. The highest BCUT2D eigenvalue weighted by Gasteiger charge is 2.19. The van der Waals surface area contributed by atoms with Crippen molar-refractivity contribution < 1.29 is 22.1 Å². The quantitative estimate of drug-likeness (QED) is 0.320. The molecule has 0 radical (unpaired) electrons. The summed E-state index contributed by atoms with van der Waals surface area (Å²) in [5.74, 6) is -0.468. The van der Waals surface area contributed by atoms with Gasteiger partial charge in [0.2, 0.25) is 0 Å². The Bertz CT molecular complexity index is 284. The first-order chi connectivity index (χ1) is 6.22. The van der Waals surface area contributed by atoms with Crippen molar-refractivity contribution in [2.75, 3.05) is 12.9 Å². The van der Waals surface area contributed by atoms with Crippen molar-refractivity contribution in [2.45, 2.75) is 23.9 Å². The molecule has 0 fully saturated rings. The summed E-state index contributed by atoms with van der Waals surface area (Å²) in [7, 11) is -3.49. The predicted molar refractivity (Wildman–Crippen MR) is 59.8 cm³/mol. The second-order valence-electron chi connectivity index (χ2n) is 2.94. The Kier molecular flexibility index (Phi) is 5.91. The van der Waals surface area contributed by atoms with Gasteiger partial charge in [-0.1, -0.05) is 22.6 Å². The van der Waals surface area contributed by atoms with Gasteiger partial charge in [-0.05, 0) is 13.8 Å². The number of carbonyl (C=O) groups is 1. The van der Waals surface area contributed by atoms with Crippen molar-refractivity contribution in [3.8, 4) is 0 Å². The number of alkyl halides is 1. The van der Waals surface area contributed by atoms with E-state index >= 15 is 0 Å². The highest BCUT2D eigenvalue weighted by Crippen LogP contribution is 2.07. The molecule has 0 aliphatic heterocycles. The van der Waals surface area contributed by atoms with E-state index in [0.717, 1.165) is 6.26 Å². The number of rotatable bonds is 5. The van der Waals surface area contributed by atoms with Gasteiger partial charge in [0.05, 0.1) is 19.0 Å². The van der Waals surface area contributed by atoms with E-state index in [2.05, 4.69) is 4.18 Å². The van der Waals surface area contributed by atoms with E-state index in [0.29, 0.717) is 0 Å². The Morgan fingerprint density at radius 3 is 2.29 bits per heavy atom. The summed E-state index contributed by atoms with van der Waals surface area (Å²) in [4.78, 5) is 11.2. The lowest BCUT2D eigenvalue weighted by Crippen LogP contribution is -2.26. The number of hydrogen-bond donors (Lipinski definition) is 0. The summed E-state index contributed by atoms with van der Waals surface area (Å²) in [6.07, 6.45) is 0.724. The SMILES string of the molecule is CC(C)OC(=O)C(I)COS(C)(=O)=O. The van der Waals surface area contributed by atoms with Crippen LogP contribution in [0, 0.1) is 0 Å². The third kappa shape index (κ3) is 7.51. The topological polar surface area (TPSA) is 69.7 Å². The van der Waals surface area contributed by atoms with Gasteiger partial charge in [0.15, 0.2) is 0 Å². The Morgan fingerprint density at radius 2 is 1.93 bits per heavy atom. The van der Waals surface area contributed by atoms with Gasteiger partial charge in [-0.3, -0.25) is 8.98 Å². The molecule has 5 nitrogen and oxygen atoms in total. The molecule has 0 aromatic carbocycles. The zero-order valence-electron chi connectivity index (χ0n) is 8.19. The number of esters is 1. The van der Waals surface area contributed by atoms with Crippen molar-refractivity contribution in [3.05, 3.63) is 0 Å². The third-order valence-electron chi connectivity index (χ3n) is 1.04. The van der Waals surface area contributed by atoms with Crippen molar-refractivity contribution in [2.24, 2.45) is 0 Å². The highest BCUT2D eigenvalue weighted by atomic mass is 127. The fourth-order valence-corrected chi connectivity index (χ4v) is 1.51. The first kappa shape index (κ1) is 14.1. The van der Waals surface area contributed by atoms with Gasteiger partial charge in [-0.2, -0.15) is 8.42 Å². The van der Waals surface area contributed by atoms with E-state index in [4.69, 9.17) is 4.74 Å². The van der Waals surface area contributed by atoms with Crippen LogP contribution < -0.4 is 0 Å².